The molecule has 2 aliphatic rings. The molecule has 6 aromatic carbocycles. The van der Waals surface area contributed by atoms with Crippen molar-refractivity contribution in [3.63, 3.8) is 0 Å². The lowest BCUT2D eigenvalue weighted by Gasteiger charge is -2.39. The van der Waals surface area contributed by atoms with Crippen LogP contribution < -0.4 is 40.1 Å². The minimum atomic E-state index is -1.48. The average Bonchev–Trinajstić information content (AvgIpc) is 3.67. The summed E-state index contributed by atoms with van der Waals surface area (Å²) in [5.74, 6) is 1.13. The molecule has 0 aliphatic carbocycles. The van der Waals surface area contributed by atoms with E-state index in [4.69, 9.17) is 9.47 Å². The number of rotatable bonds is 6. The van der Waals surface area contributed by atoms with Crippen LogP contribution in [0.5, 0.6) is 11.5 Å². The number of fused-ring (bicyclic) bond motifs is 2. The predicted molar refractivity (Wildman–Crippen MR) is 204 cm³/mol. The Labute approximate surface area is 286 Å². The first kappa shape index (κ1) is 29.9. The third-order valence-electron chi connectivity index (χ3n) is 9.14. The maximum Gasteiger partial charge on any atom is 0.444 e. The number of hydrogen-bond donors (Lipinski definition) is 0. The molecule has 8 rings (SSSR count). The summed E-state index contributed by atoms with van der Waals surface area (Å²) in [5.41, 5.74) is 8.19. The molecule has 0 radical (unpaired) electrons. The van der Waals surface area contributed by atoms with Crippen molar-refractivity contribution in [2.45, 2.75) is 6.03 Å². The molecule has 0 saturated heterocycles. The molecule has 236 valence electrons. The van der Waals surface area contributed by atoms with E-state index in [0.717, 1.165) is 65.9 Å². The molecule has 1 spiro atoms. The van der Waals surface area contributed by atoms with E-state index in [2.05, 4.69) is 145 Å². The van der Waals surface area contributed by atoms with Crippen LogP contribution in [0.4, 0.5) is 22.7 Å². The number of ether oxygens (including phenoxy) is 2. The molecule has 0 atom stereocenters. The van der Waals surface area contributed by atoms with E-state index in [-0.39, 0.29) is 0 Å². The third kappa shape index (κ3) is 4.77. The highest BCUT2D eigenvalue weighted by atomic mass is 16.8. The summed E-state index contributed by atoms with van der Waals surface area (Å²) < 4.78 is 14.5. The largest absolute Gasteiger partial charge is 0.444 e. The van der Waals surface area contributed by atoms with Crippen LogP contribution in [0.25, 0.3) is 47.6 Å². The molecule has 0 fully saturated rings. The fourth-order valence-electron chi connectivity index (χ4n) is 6.82. The lowest BCUT2D eigenvalue weighted by molar-refractivity contribution is -0.0598. The highest BCUT2D eigenvalue weighted by molar-refractivity contribution is 5.90. The van der Waals surface area contributed by atoms with Crippen molar-refractivity contribution in [2.24, 2.45) is 0 Å². The van der Waals surface area contributed by atoms with Gasteiger partial charge in [-0.3, -0.25) is 0 Å². The molecular formula is C45H34N2O2. The van der Waals surface area contributed by atoms with Crippen molar-refractivity contribution in [3.8, 4) is 33.8 Å². The van der Waals surface area contributed by atoms with E-state index in [9.17, 15) is 0 Å². The van der Waals surface area contributed by atoms with E-state index >= 15 is 0 Å². The molecule has 2 aliphatic heterocycles. The summed E-state index contributed by atoms with van der Waals surface area (Å²) >= 11 is 0. The van der Waals surface area contributed by atoms with Crippen molar-refractivity contribution >= 4 is 48.1 Å². The van der Waals surface area contributed by atoms with Gasteiger partial charge in [0.15, 0.2) is 11.5 Å². The minimum absolute atomic E-state index is 0.565. The highest BCUT2D eigenvalue weighted by Gasteiger charge is 2.60. The smallest absolute Gasteiger partial charge is 0.413 e. The van der Waals surface area contributed by atoms with Crippen LogP contribution in [-0.4, -0.2) is 6.03 Å². The molecule has 49 heavy (non-hydrogen) atoms. The molecule has 0 aromatic heterocycles. The van der Waals surface area contributed by atoms with Crippen molar-refractivity contribution in [1.29, 1.82) is 0 Å². The number of hydrogen-bond acceptors (Lipinski definition) is 4. The van der Waals surface area contributed by atoms with Gasteiger partial charge >= 0.3 is 6.03 Å². The van der Waals surface area contributed by atoms with Crippen LogP contribution in [-0.2, 0) is 0 Å². The third-order valence-corrected chi connectivity index (χ3v) is 9.14. The number of anilines is 4. The van der Waals surface area contributed by atoms with E-state index in [0.29, 0.717) is 11.5 Å². The van der Waals surface area contributed by atoms with E-state index in [1.165, 1.54) is 0 Å². The SMILES string of the molecule is C=C/C=c1/c2c(/c(=C/C=C)c(=C)c1=C)OC1(O2)N(c2ccc(-c3ccccc3)cc2)c2ccccc2N1c1ccc(-c2ccccc2)cc1. The lowest BCUT2D eigenvalue weighted by atomic mass is 10.1. The molecule has 6 aromatic rings. The van der Waals surface area contributed by atoms with Crippen molar-refractivity contribution in [3.05, 3.63) is 180 Å². The maximum absolute atomic E-state index is 7.24. The maximum atomic E-state index is 7.24. The Kier molecular flexibility index (Phi) is 7.27. The van der Waals surface area contributed by atoms with Gasteiger partial charge in [0.05, 0.1) is 22.7 Å². The first-order valence-corrected chi connectivity index (χ1v) is 16.2. The molecule has 0 N–H and O–H groups in total. The van der Waals surface area contributed by atoms with E-state index < -0.39 is 6.03 Å². The second kappa shape index (κ2) is 11.9. The summed E-state index contributed by atoms with van der Waals surface area (Å²) in [6, 6.07) is 44.5. The second-order valence-electron chi connectivity index (χ2n) is 12.0. The fourth-order valence-corrected chi connectivity index (χ4v) is 6.82. The van der Waals surface area contributed by atoms with Crippen molar-refractivity contribution in [2.75, 3.05) is 9.80 Å². The number of para-hydroxylation sites is 2. The molecule has 0 amide bonds. The van der Waals surface area contributed by atoms with Crippen LogP contribution in [0.1, 0.15) is 0 Å². The predicted octanol–water partition coefficient (Wildman–Crippen LogP) is 8.15. The number of nitrogens with zero attached hydrogens (tertiary/aromatic N) is 2. The van der Waals surface area contributed by atoms with E-state index in [1.54, 1.807) is 12.2 Å². The molecule has 4 nitrogen and oxygen atoms in total. The van der Waals surface area contributed by atoms with Gasteiger partial charge in [0.1, 0.15) is 0 Å². The summed E-state index contributed by atoms with van der Waals surface area (Å²) in [4.78, 5) is 4.26. The molecule has 0 saturated carbocycles. The molecule has 0 unspecified atom stereocenters. The average molecular weight is 635 g/mol. The van der Waals surface area contributed by atoms with Gasteiger partial charge in [-0.25, -0.2) is 9.80 Å². The molecule has 0 bridgehead atoms. The highest BCUT2D eigenvalue weighted by Crippen LogP contribution is 2.56. The molecular weight excluding hydrogens is 601 g/mol. The van der Waals surface area contributed by atoms with Gasteiger partial charge in [-0.05, 0) is 69.1 Å². The van der Waals surface area contributed by atoms with Gasteiger partial charge < -0.3 is 9.47 Å². The van der Waals surface area contributed by atoms with Gasteiger partial charge in [0, 0.05) is 10.4 Å². The van der Waals surface area contributed by atoms with Gasteiger partial charge in [-0.2, -0.15) is 0 Å². The van der Waals surface area contributed by atoms with Crippen molar-refractivity contribution in [1.82, 2.24) is 0 Å². The summed E-state index contributed by atoms with van der Waals surface area (Å²) in [7, 11) is 0. The van der Waals surface area contributed by atoms with Crippen LogP contribution in [0.2, 0.25) is 0 Å². The van der Waals surface area contributed by atoms with Crippen LogP contribution >= 0.6 is 0 Å². The van der Waals surface area contributed by atoms with Crippen molar-refractivity contribution < 1.29 is 9.47 Å². The lowest BCUT2D eigenvalue weighted by Crippen LogP contribution is -2.60. The zero-order valence-corrected chi connectivity index (χ0v) is 27.1. The van der Waals surface area contributed by atoms with Gasteiger partial charge in [-0.1, -0.05) is 148 Å². The monoisotopic (exact) mass is 634 g/mol. The Morgan fingerprint density at radius 1 is 0.449 bits per heavy atom. The first-order chi connectivity index (χ1) is 24.0. The quantitative estimate of drug-likeness (QED) is 0.185. The van der Waals surface area contributed by atoms with Gasteiger partial charge in [0.25, 0.3) is 0 Å². The zero-order valence-electron chi connectivity index (χ0n) is 27.1. The van der Waals surface area contributed by atoms with Crippen LogP contribution in [0.15, 0.2) is 159 Å². The first-order valence-electron chi connectivity index (χ1n) is 16.2. The standard InChI is InChI=1S/C45H34N2O2/c1-5-15-39-31(3)32(4)40(16-6-2)44-43(39)48-45(49-44)46(37-27-23-35(24-28-37)33-17-9-7-10-18-33)41-21-13-14-22-42(41)47(45)38-29-25-36(26-30-38)34-19-11-8-12-20-34/h5-30H,1-4H2/b39-15+,40-16+. The Morgan fingerprint density at radius 3 is 1.16 bits per heavy atom. The number of allylic oxidation sites excluding steroid dienone is 2. The summed E-state index contributed by atoms with van der Waals surface area (Å²) in [6.45, 7) is 16.7. The number of benzene rings is 6. The fraction of sp³-hybridized carbons (Fsp3) is 0.0222. The van der Waals surface area contributed by atoms with Crippen LogP contribution in [0.3, 0.4) is 0 Å². The Morgan fingerprint density at radius 2 is 0.796 bits per heavy atom. The summed E-state index contributed by atoms with van der Waals surface area (Å²) in [6.07, 6.45) is 7.27. The minimum Gasteiger partial charge on any atom is -0.413 e. The van der Waals surface area contributed by atoms with Gasteiger partial charge in [0.2, 0.25) is 0 Å². The Hall–Kier alpha value is -6.52. The summed E-state index contributed by atoms with van der Waals surface area (Å²) in [5, 5.41) is 3.01. The zero-order chi connectivity index (χ0) is 33.5. The second-order valence-corrected chi connectivity index (χ2v) is 12.0. The molecule has 4 heteroatoms. The Bertz CT molecular complexity index is 2280. The van der Waals surface area contributed by atoms with Crippen LogP contribution in [0, 0.1) is 0 Å². The van der Waals surface area contributed by atoms with Gasteiger partial charge in [-0.15, -0.1) is 0 Å². The topological polar surface area (TPSA) is 24.9 Å². The van der Waals surface area contributed by atoms with E-state index in [1.807, 2.05) is 36.4 Å². The Balaban J connectivity index is 1.37. The molecule has 2 heterocycles. The normalized spacial score (nSPS) is 14.7.